The number of ether oxygens (including phenoxy) is 1. The average molecular weight is 492 g/mol. The molecule has 0 spiro atoms. The first kappa shape index (κ1) is 26.2. The maximum atomic E-state index is 13.0. The molecule has 3 aromatic rings. The summed E-state index contributed by atoms with van der Waals surface area (Å²) in [5.74, 6) is -0.725. The van der Waals surface area contributed by atoms with Crippen LogP contribution in [0.2, 0.25) is 0 Å². The van der Waals surface area contributed by atoms with Gasteiger partial charge in [-0.05, 0) is 53.9 Å². The third kappa shape index (κ3) is 7.26. The van der Waals surface area contributed by atoms with Crippen molar-refractivity contribution in [3.63, 3.8) is 0 Å². The van der Waals surface area contributed by atoms with Gasteiger partial charge >= 0.3 is 12.8 Å². The molecule has 0 saturated heterocycles. The van der Waals surface area contributed by atoms with Gasteiger partial charge in [0.2, 0.25) is 5.91 Å². The minimum absolute atomic E-state index is 0.0464. The van der Waals surface area contributed by atoms with Crippen molar-refractivity contribution in [2.45, 2.75) is 31.2 Å². The van der Waals surface area contributed by atoms with Crippen LogP contribution < -0.4 is 15.4 Å². The fraction of sp³-hybridized carbons (Fsp3) is 0.269. The summed E-state index contributed by atoms with van der Waals surface area (Å²) in [6.45, 7) is -2.69. The summed E-state index contributed by atoms with van der Waals surface area (Å²) in [5, 5.41) is 5.81. The lowest BCUT2D eigenvalue weighted by Gasteiger charge is -2.22. The van der Waals surface area contributed by atoms with Gasteiger partial charge in [0.25, 0.3) is 0 Å². The number of nitrogens with one attached hydrogen (secondary N) is 2. The third-order valence-electron chi connectivity index (χ3n) is 5.55. The van der Waals surface area contributed by atoms with E-state index in [9.17, 15) is 26.7 Å². The Labute approximate surface area is 200 Å². The smallest absolute Gasteiger partial charge is 0.416 e. The van der Waals surface area contributed by atoms with Gasteiger partial charge in [-0.1, -0.05) is 54.6 Å². The van der Waals surface area contributed by atoms with Crippen LogP contribution in [0.4, 0.5) is 22.0 Å². The average Bonchev–Trinajstić information content (AvgIpc) is 2.83. The van der Waals surface area contributed by atoms with E-state index in [1.165, 1.54) is 31.3 Å². The minimum atomic E-state index is -4.48. The lowest BCUT2D eigenvalue weighted by Crippen LogP contribution is -2.36. The first-order chi connectivity index (χ1) is 16.7. The van der Waals surface area contributed by atoms with Crippen LogP contribution in [-0.2, 0) is 11.0 Å². The van der Waals surface area contributed by atoms with Crippen molar-refractivity contribution in [3.05, 3.63) is 101 Å². The molecule has 35 heavy (non-hydrogen) atoms. The third-order valence-corrected chi connectivity index (χ3v) is 5.55. The van der Waals surface area contributed by atoms with E-state index >= 15 is 0 Å². The van der Waals surface area contributed by atoms with Crippen LogP contribution in [0.25, 0.3) is 0 Å². The molecule has 2 atom stereocenters. The zero-order chi connectivity index (χ0) is 25.4. The van der Waals surface area contributed by atoms with Crippen molar-refractivity contribution in [1.29, 1.82) is 0 Å². The van der Waals surface area contributed by atoms with Gasteiger partial charge in [0.05, 0.1) is 5.56 Å². The second kappa shape index (κ2) is 11.8. The Morgan fingerprint density at radius 3 is 2.14 bits per heavy atom. The van der Waals surface area contributed by atoms with E-state index in [2.05, 4.69) is 15.4 Å². The number of likely N-dealkylation sites (N-methyl/N-ethyl adjacent to an activating group) is 1. The summed E-state index contributed by atoms with van der Waals surface area (Å²) in [7, 11) is 1.53. The minimum Gasteiger partial charge on any atom is -0.435 e. The largest absolute Gasteiger partial charge is 0.435 e. The van der Waals surface area contributed by atoms with Crippen LogP contribution in [0, 0.1) is 0 Å². The maximum absolute atomic E-state index is 13.0. The van der Waals surface area contributed by atoms with Gasteiger partial charge in [0.15, 0.2) is 0 Å². The molecule has 0 radical (unpaired) electrons. The highest BCUT2D eigenvalue weighted by molar-refractivity contribution is 5.82. The number of halogens is 5. The number of carbonyl (C=O) groups is 1. The molecule has 0 aliphatic rings. The number of rotatable bonds is 10. The van der Waals surface area contributed by atoms with E-state index in [1.807, 2.05) is 30.3 Å². The second-order valence-corrected chi connectivity index (χ2v) is 7.82. The molecule has 3 aromatic carbocycles. The highest BCUT2D eigenvalue weighted by atomic mass is 19.4. The number of hydrogen-bond donors (Lipinski definition) is 2. The normalized spacial score (nSPS) is 13.3. The number of carbonyl (C=O) groups excluding carboxylic acids is 1. The van der Waals surface area contributed by atoms with Crippen molar-refractivity contribution < 1.29 is 31.5 Å². The van der Waals surface area contributed by atoms with Crippen molar-refractivity contribution in [2.75, 3.05) is 13.6 Å². The summed E-state index contributed by atoms with van der Waals surface area (Å²) < 4.78 is 69.1. The monoisotopic (exact) mass is 492 g/mol. The Bertz CT molecular complexity index is 1090. The molecular formula is C26H25F5N2O2. The van der Waals surface area contributed by atoms with Crippen LogP contribution in [0.5, 0.6) is 5.75 Å². The van der Waals surface area contributed by atoms with E-state index in [-0.39, 0.29) is 11.7 Å². The Hall–Kier alpha value is -3.46. The summed E-state index contributed by atoms with van der Waals surface area (Å²) in [6, 6.07) is 19.3. The van der Waals surface area contributed by atoms with Crippen LogP contribution in [0.3, 0.4) is 0 Å². The summed E-state index contributed by atoms with van der Waals surface area (Å²) >= 11 is 0. The van der Waals surface area contributed by atoms with E-state index in [4.69, 9.17) is 0 Å². The molecule has 9 heteroatoms. The van der Waals surface area contributed by atoms with Gasteiger partial charge in [0, 0.05) is 13.0 Å². The molecule has 0 aromatic heterocycles. The van der Waals surface area contributed by atoms with Gasteiger partial charge < -0.3 is 15.4 Å². The van der Waals surface area contributed by atoms with Crippen LogP contribution in [0.15, 0.2) is 78.9 Å². The molecule has 4 nitrogen and oxygen atoms in total. The molecule has 2 N–H and O–H groups in total. The van der Waals surface area contributed by atoms with E-state index in [0.29, 0.717) is 24.1 Å². The molecule has 0 aliphatic carbocycles. The zero-order valence-corrected chi connectivity index (χ0v) is 18.9. The highest BCUT2D eigenvalue weighted by Gasteiger charge is 2.30. The fourth-order valence-electron chi connectivity index (χ4n) is 3.86. The van der Waals surface area contributed by atoms with Crippen LogP contribution >= 0.6 is 0 Å². The molecule has 3 rings (SSSR count). The molecule has 1 amide bonds. The molecule has 0 saturated carbocycles. The number of hydrogen-bond acceptors (Lipinski definition) is 3. The Morgan fingerprint density at radius 2 is 1.54 bits per heavy atom. The number of alkyl halides is 5. The number of benzene rings is 3. The SMILES string of the molecule is CNC(=O)[C@H](NCC[C@@H](c1ccc(C(F)(F)F)cc1)c1cccc(OC(F)F)c1)c1ccccc1. The molecule has 0 fully saturated rings. The zero-order valence-electron chi connectivity index (χ0n) is 18.9. The van der Waals surface area contributed by atoms with Gasteiger partial charge in [-0.2, -0.15) is 22.0 Å². The van der Waals surface area contributed by atoms with Crippen molar-refractivity contribution in [3.8, 4) is 5.75 Å². The molecule has 0 bridgehead atoms. The molecule has 0 heterocycles. The molecule has 0 unspecified atom stereocenters. The lowest BCUT2D eigenvalue weighted by atomic mass is 9.87. The maximum Gasteiger partial charge on any atom is 0.416 e. The Morgan fingerprint density at radius 1 is 0.886 bits per heavy atom. The second-order valence-electron chi connectivity index (χ2n) is 7.82. The van der Waals surface area contributed by atoms with Gasteiger partial charge in [-0.15, -0.1) is 0 Å². The van der Waals surface area contributed by atoms with Gasteiger partial charge in [-0.25, -0.2) is 0 Å². The van der Waals surface area contributed by atoms with Crippen molar-refractivity contribution >= 4 is 5.91 Å². The summed E-state index contributed by atoms with van der Waals surface area (Å²) in [5.41, 5.74) is 1.15. The van der Waals surface area contributed by atoms with Crippen LogP contribution in [-0.4, -0.2) is 26.1 Å². The van der Waals surface area contributed by atoms with Crippen molar-refractivity contribution in [2.24, 2.45) is 0 Å². The van der Waals surface area contributed by atoms with E-state index in [1.54, 1.807) is 12.1 Å². The van der Waals surface area contributed by atoms with E-state index < -0.39 is 30.3 Å². The Balaban J connectivity index is 1.86. The summed E-state index contributed by atoms with van der Waals surface area (Å²) in [4.78, 5) is 12.4. The Kier molecular flexibility index (Phi) is 8.81. The summed E-state index contributed by atoms with van der Waals surface area (Å²) in [6.07, 6.45) is -4.10. The standard InChI is InChI=1S/C26H25F5N2O2/c1-32-24(34)23(18-6-3-2-4-7-18)33-15-14-22(17-10-12-20(13-11-17)26(29,30)31)19-8-5-9-21(16-19)35-25(27)28/h2-13,16,22-23,25,33H,14-15H2,1H3,(H,32,34)/t22-,23+/m0/s1. The molecule has 186 valence electrons. The molecular weight excluding hydrogens is 467 g/mol. The van der Waals surface area contributed by atoms with Crippen LogP contribution in [0.1, 0.15) is 40.6 Å². The quantitative estimate of drug-likeness (QED) is 0.346. The van der Waals surface area contributed by atoms with Gasteiger partial charge in [-0.3, -0.25) is 4.79 Å². The first-order valence-corrected chi connectivity index (χ1v) is 10.9. The van der Waals surface area contributed by atoms with E-state index in [0.717, 1.165) is 17.7 Å². The predicted octanol–water partition coefficient (Wildman–Crippen LogP) is 5.91. The van der Waals surface area contributed by atoms with Gasteiger partial charge in [0.1, 0.15) is 11.8 Å². The molecule has 0 aliphatic heterocycles. The predicted molar refractivity (Wildman–Crippen MR) is 122 cm³/mol. The lowest BCUT2D eigenvalue weighted by molar-refractivity contribution is -0.137. The van der Waals surface area contributed by atoms with Crippen molar-refractivity contribution in [1.82, 2.24) is 10.6 Å². The first-order valence-electron chi connectivity index (χ1n) is 10.9. The topological polar surface area (TPSA) is 50.4 Å². The fourth-order valence-corrected chi connectivity index (χ4v) is 3.86. The highest BCUT2D eigenvalue weighted by Crippen LogP contribution is 2.34. The number of amides is 1.